The third kappa shape index (κ3) is 2.48. The molecular weight excluding hydrogens is 293 g/mol. The van der Waals surface area contributed by atoms with Crippen molar-refractivity contribution in [1.29, 1.82) is 0 Å². The molecule has 98 valence electrons. The molecule has 1 aliphatic heterocycles. The van der Waals surface area contributed by atoms with Crippen molar-refractivity contribution in [3.63, 3.8) is 0 Å². The van der Waals surface area contributed by atoms with Crippen molar-refractivity contribution in [2.24, 2.45) is 11.8 Å². The van der Waals surface area contributed by atoms with Crippen molar-refractivity contribution in [2.75, 3.05) is 6.54 Å². The minimum atomic E-state index is -0.173. The van der Waals surface area contributed by atoms with Crippen LogP contribution >= 0.6 is 15.9 Å². The number of hydrogen-bond acceptors (Lipinski definition) is 1. The molecule has 1 heterocycles. The molecule has 0 aromatic heterocycles. The van der Waals surface area contributed by atoms with Crippen LogP contribution in [-0.2, 0) is 6.42 Å². The fourth-order valence-electron chi connectivity index (χ4n) is 3.64. The summed E-state index contributed by atoms with van der Waals surface area (Å²) < 4.78 is 13.7. The van der Waals surface area contributed by atoms with E-state index in [1.165, 1.54) is 37.8 Å². The summed E-state index contributed by atoms with van der Waals surface area (Å²) in [6.07, 6.45) is 6.44. The average Bonchev–Trinajstić information content (AvgIpc) is 2.94. The number of hydrogen-bond donors (Lipinski definition) is 1. The Labute approximate surface area is 116 Å². The molecule has 1 nitrogen and oxygen atoms in total. The van der Waals surface area contributed by atoms with Gasteiger partial charge in [0, 0.05) is 6.04 Å². The Morgan fingerprint density at radius 3 is 3.06 bits per heavy atom. The van der Waals surface area contributed by atoms with Crippen LogP contribution in [0, 0.1) is 17.7 Å². The Kier molecular flexibility index (Phi) is 3.71. The topological polar surface area (TPSA) is 12.0 Å². The van der Waals surface area contributed by atoms with Gasteiger partial charge in [-0.25, -0.2) is 4.39 Å². The second-order valence-corrected chi connectivity index (χ2v) is 6.51. The Hall–Kier alpha value is -0.410. The maximum absolute atomic E-state index is 13.2. The van der Waals surface area contributed by atoms with Crippen molar-refractivity contribution < 1.29 is 4.39 Å². The van der Waals surface area contributed by atoms with E-state index >= 15 is 0 Å². The summed E-state index contributed by atoms with van der Waals surface area (Å²) in [6, 6.07) is 6.05. The van der Waals surface area contributed by atoms with Crippen molar-refractivity contribution in [2.45, 2.75) is 38.1 Å². The predicted octanol–water partition coefficient (Wildman–Crippen LogP) is 3.91. The van der Waals surface area contributed by atoms with Crippen molar-refractivity contribution in [3.05, 3.63) is 34.1 Å². The Morgan fingerprint density at radius 2 is 2.22 bits per heavy atom. The number of halogens is 2. The van der Waals surface area contributed by atoms with Gasteiger partial charge in [0.2, 0.25) is 0 Å². The Morgan fingerprint density at radius 1 is 1.33 bits per heavy atom. The van der Waals surface area contributed by atoms with Crippen molar-refractivity contribution in [3.8, 4) is 0 Å². The SMILES string of the molecule is Fc1ccc(CCC2NCC3CCCC32)cc1Br. The first kappa shape index (κ1) is 12.6. The summed E-state index contributed by atoms with van der Waals surface area (Å²) in [5, 5.41) is 3.67. The summed E-state index contributed by atoms with van der Waals surface area (Å²) >= 11 is 3.25. The van der Waals surface area contributed by atoms with Crippen LogP contribution in [0.1, 0.15) is 31.2 Å². The zero-order valence-corrected chi connectivity index (χ0v) is 12.0. The maximum atomic E-state index is 13.2. The molecule has 1 aromatic carbocycles. The first-order chi connectivity index (χ1) is 8.74. The summed E-state index contributed by atoms with van der Waals surface area (Å²) in [6.45, 7) is 1.21. The molecule has 1 saturated heterocycles. The molecule has 2 aliphatic rings. The second kappa shape index (κ2) is 5.30. The molecular formula is C15H19BrFN. The molecule has 3 atom stereocenters. The van der Waals surface area contributed by atoms with Crippen LogP contribution in [0.4, 0.5) is 4.39 Å². The van der Waals surface area contributed by atoms with Crippen molar-refractivity contribution in [1.82, 2.24) is 5.32 Å². The average molecular weight is 312 g/mol. The standard InChI is InChI=1S/C15H19BrFN/c16-13-8-10(4-6-14(13)17)5-7-15-12-3-1-2-11(12)9-18-15/h4,6,8,11-12,15,18H,1-3,5,7,9H2. The number of nitrogens with one attached hydrogen (secondary N) is 1. The monoisotopic (exact) mass is 311 g/mol. The molecule has 18 heavy (non-hydrogen) atoms. The molecule has 0 amide bonds. The van der Waals surface area contributed by atoms with Gasteiger partial charge in [-0.15, -0.1) is 0 Å². The number of fused-ring (bicyclic) bond motifs is 1. The molecule has 1 aromatic rings. The molecule has 0 radical (unpaired) electrons. The van der Waals surface area contributed by atoms with E-state index in [4.69, 9.17) is 0 Å². The van der Waals surface area contributed by atoms with Gasteiger partial charge in [-0.05, 0) is 77.7 Å². The highest BCUT2D eigenvalue weighted by Gasteiger charge is 2.38. The zero-order chi connectivity index (χ0) is 12.5. The lowest BCUT2D eigenvalue weighted by molar-refractivity contribution is 0.393. The maximum Gasteiger partial charge on any atom is 0.137 e. The van der Waals surface area contributed by atoms with Crippen LogP contribution in [0.5, 0.6) is 0 Å². The summed E-state index contributed by atoms with van der Waals surface area (Å²) in [5.41, 5.74) is 1.23. The first-order valence-electron chi connectivity index (χ1n) is 6.91. The van der Waals surface area contributed by atoms with Gasteiger partial charge in [0.25, 0.3) is 0 Å². The van der Waals surface area contributed by atoms with Gasteiger partial charge in [-0.2, -0.15) is 0 Å². The van der Waals surface area contributed by atoms with Crippen LogP contribution in [0.15, 0.2) is 22.7 Å². The lowest BCUT2D eigenvalue weighted by Gasteiger charge is -2.18. The van der Waals surface area contributed by atoms with Crippen LogP contribution in [0.2, 0.25) is 0 Å². The van der Waals surface area contributed by atoms with E-state index in [1.54, 1.807) is 6.07 Å². The lowest BCUT2D eigenvalue weighted by atomic mass is 9.90. The first-order valence-corrected chi connectivity index (χ1v) is 7.70. The molecule has 1 saturated carbocycles. The second-order valence-electron chi connectivity index (χ2n) is 5.66. The smallest absolute Gasteiger partial charge is 0.137 e. The van der Waals surface area contributed by atoms with Crippen LogP contribution in [0.3, 0.4) is 0 Å². The van der Waals surface area contributed by atoms with E-state index in [0.29, 0.717) is 10.5 Å². The van der Waals surface area contributed by atoms with Gasteiger partial charge in [-0.3, -0.25) is 0 Å². The van der Waals surface area contributed by atoms with Crippen LogP contribution in [-0.4, -0.2) is 12.6 Å². The zero-order valence-electron chi connectivity index (χ0n) is 10.5. The molecule has 1 aliphatic carbocycles. The normalized spacial score (nSPS) is 30.7. The fraction of sp³-hybridized carbons (Fsp3) is 0.600. The molecule has 3 unspecified atom stereocenters. The number of benzene rings is 1. The number of rotatable bonds is 3. The van der Waals surface area contributed by atoms with Gasteiger partial charge in [0.05, 0.1) is 4.47 Å². The molecule has 2 fully saturated rings. The van der Waals surface area contributed by atoms with Crippen LogP contribution in [0.25, 0.3) is 0 Å². The molecule has 0 spiro atoms. The largest absolute Gasteiger partial charge is 0.313 e. The Bertz CT molecular complexity index is 435. The Balaban J connectivity index is 1.59. The van der Waals surface area contributed by atoms with Gasteiger partial charge in [0.1, 0.15) is 5.82 Å². The summed E-state index contributed by atoms with van der Waals surface area (Å²) in [4.78, 5) is 0. The predicted molar refractivity (Wildman–Crippen MR) is 75.0 cm³/mol. The van der Waals surface area contributed by atoms with E-state index in [2.05, 4.69) is 21.2 Å². The highest BCUT2D eigenvalue weighted by Crippen LogP contribution is 2.39. The minimum Gasteiger partial charge on any atom is -0.313 e. The highest BCUT2D eigenvalue weighted by molar-refractivity contribution is 9.10. The van der Waals surface area contributed by atoms with E-state index < -0.39 is 0 Å². The van der Waals surface area contributed by atoms with Gasteiger partial charge >= 0.3 is 0 Å². The fourth-order valence-corrected chi connectivity index (χ4v) is 4.06. The minimum absolute atomic E-state index is 0.173. The third-order valence-corrected chi connectivity index (χ3v) is 5.21. The van der Waals surface area contributed by atoms with Crippen molar-refractivity contribution >= 4 is 15.9 Å². The molecule has 0 bridgehead atoms. The molecule has 3 heteroatoms. The van der Waals surface area contributed by atoms with E-state index in [9.17, 15) is 4.39 Å². The van der Waals surface area contributed by atoms with E-state index in [1.807, 2.05) is 12.1 Å². The van der Waals surface area contributed by atoms with Gasteiger partial charge < -0.3 is 5.32 Å². The van der Waals surface area contributed by atoms with Gasteiger partial charge in [0.15, 0.2) is 0 Å². The van der Waals surface area contributed by atoms with Gasteiger partial charge in [-0.1, -0.05) is 12.5 Å². The third-order valence-electron chi connectivity index (χ3n) is 4.60. The van der Waals surface area contributed by atoms with E-state index in [-0.39, 0.29) is 5.82 Å². The molecule has 1 N–H and O–H groups in total. The summed E-state index contributed by atoms with van der Waals surface area (Å²) in [7, 11) is 0. The summed E-state index contributed by atoms with van der Waals surface area (Å²) in [5.74, 6) is 1.65. The molecule has 3 rings (SSSR count). The lowest BCUT2D eigenvalue weighted by Crippen LogP contribution is -2.27. The quantitative estimate of drug-likeness (QED) is 0.892. The van der Waals surface area contributed by atoms with E-state index in [0.717, 1.165) is 18.3 Å². The highest BCUT2D eigenvalue weighted by atomic mass is 79.9. The number of aryl methyl sites for hydroxylation is 1. The van der Waals surface area contributed by atoms with Crippen LogP contribution < -0.4 is 5.32 Å².